The van der Waals surface area contributed by atoms with E-state index in [0.717, 1.165) is 5.52 Å². The summed E-state index contributed by atoms with van der Waals surface area (Å²) in [5.74, 6) is 0. The van der Waals surface area contributed by atoms with Gasteiger partial charge in [-0.05, 0) is 24.3 Å². The van der Waals surface area contributed by atoms with Crippen molar-refractivity contribution in [2.24, 2.45) is 0 Å². The van der Waals surface area contributed by atoms with Crippen LogP contribution in [0.4, 0.5) is 0 Å². The lowest BCUT2D eigenvalue weighted by Crippen LogP contribution is -2.13. The van der Waals surface area contributed by atoms with E-state index in [2.05, 4.69) is 10.1 Å². The topological polar surface area (TPSA) is 47.8 Å². The highest BCUT2D eigenvalue weighted by Gasteiger charge is 2.08. The summed E-state index contributed by atoms with van der Waals surface area (Å²) in [4.78, 5) is 16.0. The maximum atomic E-state index is 11.8. The zero-order chi connectivity index (χ0) is 14.1. The number of benzene rings is 1. The second kappa shape index (κ2) is 5.23. The fourth-order valence-corrected chi connectivity index (χ4v) is 2.33. The van der Waals surface area contributed by atoms with E-state index in [4.69, 9.17) is 23.2 Å². The van der Waals surface area contributed by atoms with E-state index >= 15 is 0 Å². The number of nitrogens with zero attached hydrogens (tertiary/aromatic N) is 3. The molecule has 0 aliphatic carbocycles. The predicted octanol–water partition coefficient (Wildman–Crippen LogP) is 3.15. The standard InChI is InChI=1S/C14H9Cl2N3O/c15-10-5-6-14(16)18-11(10)8-19-12-4-2-1-3-9(12)13(20)7-17-19/h1-7H,8H2. The van der Waals surface area contributed by atoms with Gasteiger partial charge in [0, 0.05) is 5.39 Å². The van der Waals surface area contributed by atoms with Gasteiger partial charge in [-0.15, -0.1) is 0 Å². The first-order chi connectivity index (χ1) is 9.65. The molecule has 0 saturated heterocycles. The molecule has 0 amide bonds. The van der Waals surface area contributed by atoms with Crippen LogP contribution in [0.15, 0.2) is 47.4 Å². The molecule has 20 heavy (non-hydrogen) atoms. The first-order valence-electron chi connectivity index (χ1n) is 5.91. The van der Waals surface area contributed by atoms with Crippen molar-refractivity contribution in [3.05, 3.63) is 68.7 Å². The normalized spacial score (nSPS) is 10.9. The molecular weight excluding hydrogens is 297 g/mol. The Kier molecular flexibility index (Phi) is 3.42. The molecule has 0 bridgehead atoms. The molecule has 0 aliphatic rings. The molecule has 1 aromatic carbocycles. The van der Waals surface area contributed by atoms with Gasteiger partial charge in [0.1, 0.15) is 5.15 Å². The largest absolute Gasteiger partial charge is 0.287 e. The van der Waals surface area contributed by atoms with E-state index in [1.54, 1.807) is 22.9 Å². The molecule has 0 saturated carbocycles. The van der Waals surface area contributed by atoms with Gasteiger partial charge in [0.2, 0.25) is 5.43 Å². The average molecular weight is 306 g/mol. The number of halogens is 2. The quantitative estimate of drug-likeness (QED) is 0.683. The molecule has 2 heterocycles. The Morgan fingerprint density at radius 3 is 2.75 bits per heavy atom. The molecule has 0 aliphatic heterocycles. The second-order valence-corrected chi connectivity index (χ2v) is 5.04. The summed E-state index contributed by atoms with van der Waals surface area (Å²) in [6.45, 7) is 0.347. The number of hydrogen-bond donors (Lipinski definition) is 0. The molecule has 3 rings (SSSR count). The second-order valence-electron chi connectivity index (χ2n) is 4.25. The van der Waals surface area contributed by atoms with Gasteiger partial charge in [-0.3, -0.25) is 9.48 Å². The van der Waals surface area contributed by atoms with Gasteiger partial charge < -0.3 is 0 Å². The zero-order valence-corrected chi connectivity index (χ0v) is 11.8. The van der Waals surface area contributed by atoms with Crippen LogP contribution in [0.5, 0.6) is 0 Å². The molecular formula is C14H9Cl2N3O. The molecule has 3 aromatic rings. The Balaban J connectivity index is 2.14. The minimum atomic E-state index is -0.109. The van der Waals surface area contributed by atoms with Gasteiger partial charge in [-0.1, -0.05) is 35.3 Å². The summed E-state index contributed by atoms with van der Waals surface area (Å²) in [6, 6.07) is 10.6. The van der Waals surface area contributed by atoms with Crippen LogP contribution < -0.4 is 5.43 Å². The molecule has 4 nitrogen and oxygen atoms in total. The third-order valence-corrected chi connectivity index (χ3v) is 3.50. The molecule has 0 atom stereocenters. The number of para-hydroxylation sites is 1. The van der Waals surface area contributed by atoms with Crippen molar-refractivity contribution in [1.82, 2.24) is 14.8 Å². The minimum absolute atomic E-state index is 0.109. The lowest BCUT2D eigenvalue weighted by atomic mass is 10.2. The number of pyridine rings is 1. The Morgan fingerprint density at radius 1 is 1.10 bits per heavy atom. The number of hydrogen-bond acceptors (Lipinski definition) is 3. The molecule has 6 heteroatoms. The molecule has 0 unspecified atom stereocenters. The van der Waals surface area contributed by atoms with Crippen LogP contribution in [-0.2, 0) is 6.54 Å². The van der Waals surface area contributed by atoms with Crippen molar-refractivity contribution >= 4 is 34.1 Å². The van der Waals surface area contributed by atoms with Crippen LogP contribution in [-0.4, -0.2) is 14.8 Å². The summed E-state index contributed by atoms with van der Waals surface area (Å²) in [6.07, 6.45) is 1.29. The van der Waals surface area contributed by atoms with Crippen LogP contribution in [0.2, 0.25) is 10.2 Å². The Hall–Kier alpha value is -1.91. The van der Waals surface area contributed by atoms with Crippen LogP contribution in [0.1, 0.15) is 5.69 Å². The highest BCUT2D eigenvalue weighted by Crippen LogP contribution is 2.18. The zero-order valence-electron chi connectivity index (χ0n) is 10.3. The van der Waals surface area contributed by atoms with Crippen molar-refractivity contribution in [1.29, 1.82) is 0 Å². The van der Waals surface area contributed by atoms with E-state index in [9.17, 15) is 4.79 Å². The van der Waals surface area contributed by atoms with Gasteiger partial charge >= 0.3 is 0 Å². The fourth-order valence-electron chi connectivity index (χ4n) is 2.00. The van der Waals surface area contributed by atoms with Crippen LogP contribution >= 0.6 is 23.2 Å². The molecule has 100 valence electrons. The van der Waals surface area contributed by atoms with E-state index < -0.39 is 0 Å². The van der Waals surface area contributed by atoms with Gasteiger partial charge in [-0.25, -0.2) is 4.98 Å². The third kappa shape index (κ3) is 2.40. The first kappa shape index (κ1) is 13.1. The number of rotatable bonds is 2. The molecule has 0 radical (unpaired) electrons. The average Bonchev–Trinajstić information content (AvgIpc) is 2.46. The van der Waals surface area contributed by atoms with E-state index in [-0.39, 0.29) is 5.43 Å². The van der Waals surface area contributed by atoms with Crippen LogP contribution in [0.25, 0.3) is 10.9 Å². The van der Waals surface area contributed by atoms with E-state index in [0.29, 0.717) is 27.8 Å². The number of fused-ring (bicyclic) bond motifs is 1. The predicted molar refractivity (Wildman–Crippen MR) is 79.4 cm³/mol. The maximum Gasteiger partial charge on any atom is 0.207 e. The number of aromatic nitrogens is 3. The Morgan fingerprint density at radius 2 is 1.90 bits per heavy atom. The Labute approximate surface area is 124 Å². The maximum absolute atomic E-state index is 11.8. The highest BCUT2D eigenvalue weighted by molar-refractivity contribution is 6.32. The van der Waals surface area contributed by atoms with Gasteiger partial charge in [0.25, 0.3) is 0 Å². The van der Waals surface area contributed by atoms with Crippen molar-refractivity contribution in [3.63, 3.8) is 0 Å². The lowest BCUT2D eigenvalue weighted by molar-refractivity contribution is 0.681. The SMILES string of the molecule is O=c1cnn(Cc2nc(Cl)ccc2Cl)c2ccccc12. The summed E-state index contributed by atoms with van der Waals surface area (Å²) in [7, 11) is 0. The van der Waals surface area contributed by atoms with Crippen molar-refractivity contribution in [3.8, 4) is 0 Å². The van der Waals surface area contributed by atoms with Crippen LogP contribution in [0.3, 0.4) is 0 Å². The Bertz CT molecular complexity index is 845. The van der Waals surface area contributed by atoms with Crippen molar-refractivity contribution < 1.29 is 0 Å². The highest BCUT2D eigenvalue weighted by atomic mass is 35.5. The lowest BCUT2D eigenvalue weighted by Gasteiger charge is -2.09. The van der Waals surface area contributed by atoms with Crippen molar-refractivity contribution in [2.75, 3.05) is 0 Å². The third-order valence-electron chi connectivity index (χ3n) is 2.95. The smallest absolute Gasteiger partial charge is 0.207 e. The van der Waals surface area contributed by atoms with E-state index in [1.165, 1.54) is 6.20 Å². The first-order valence-corrected chi connectivity index (χ1v) is 6.66. The monoisotopic (exact) mass is 305 g/mol. The minimum Gasteiger partial charge on any atom is -0.287 e. The van der Waals surface area contributed by atoms with Crippen LogP contribution in [0, 0.1) is 0 Å². The summed E-state index contributed by atoms with van der Waals surface area (Å²) < 4.78 is 1.68. The molecule has 0 fully saturated rings. The molecule has 0 spiro atoms. The van der Waals surface area contributed by atoms with Gasteiger partial charge in [0.15, 0.2) is 0 Å². The fraction of sp³-hybridized carbons (Fsp3) is 0.0714. The summed E-state index contributed by atoms with van der Waals surface area (Å²) in [5, 5.41) is 5.63. The van der Waals surface area contributed by atoms with Gasteiger partial charge in [0.05, 0.1) is 29.0 Å². The molecule has 0 N–H and O–H groups in total. The van der Waals surface area contributed by atoms with Crippen molar-refractivity contribution in [2.45, 2.75) is 6.54 Å². The molecule has 2 aromatic heterocycles. The summed E-state index contributed by atoms with van der Waals surface area (Å²) >= 11 is 12.0. The summed E-state index contributed by atoms with van der Waals surface area (Å²) in [5.41, 5.74) is 1.24. The van der Waals surface area contributed by atoms with E-state index in [1.807, 2.05) is 18.2 Å². The van der Waals surface area contributed by atoms with Gasteiger partial charge in [-0.2, -0.15) is 5.10 Å².